The SMILES string of the molecule is CCCCC(C)NC1CCCc2ccc(OC)cc21. The Hall–Kier alpha value is -1.02. The smallest absolute Gasteiger partial charge is 0.119 e. The van der Waals surface area contributed by atoms with Crippen molar-refractivity contribution in [3.05, 3.63) is 29.3 Å². The Morgan fingerprint density at radius 3 is 3.00 bits per heavy atom. The third-order valence-corrected chi connectivity index (χ3v) is 4.14. The van der Waals surface area contributed by atoms with Gasteiger partial charge in [-0.1, -0.05) is 25.8 Å². The molecule has 0 heterocycles. The van der Waals surface area contributed by atoms with Gasteiger partial charge in [-0.05, 0) is 55.9 Å². The molecule has 19 heavy (non-hydrogen) atoms. The minimum absolute atomic E-state index is 0.505. The summed E-state index contributed by atoms with van der Waals surface area (Å²) < 4.78 is 5.37. The van der Waals surface area contributed by atoms with Crippen molar-refractivity contribution in [1.82, 2.24) is 5.32 Å². The molecule has 1 aromatic carbocycles. The topological polar surface area (TPSA) is 21.3 Å². The highest BCUT2D eigenvalue weighted by atomic mass is 16.5. The maximum Gasteiger partial charge on any atom is 0.119 e. The van der Waals surface area contributed by atoms with E-state index in [1.54, 1.807) is 7.11 Å². The Morgan fingerprint density at radius 2 is 2.26 bits per heavy atom. The molecule has 0 saturated carbocycles. The summed E-state index contributed by atoms with van der Waals surface area (Å²) in [6, 6.07) is 7.65. The average molecular weight is 261 g/mol. The van der Waals surface area contributed by atoms with Crippen molar-refractivity contribution in [3.63, 3.8) is 0 Å². The summed E-state index contributed by atoms with van der Waals surface area (Å²) in [6.45, 7) is 4.57. The van der Waals surface area contributed by atoms with Crippen LogP contribution in [0, 0.1) is 0 Å². The van der Waals surface area contributed by atoms with E-state index in [0.29, 0.717) is 12.1 Å². The van der Waals surface area contributed by atoms with Crippen molar-refractivity contribution in [1.29, 1.82) is 0 Å². The van der Waals surface area contributed by atoms with Crippen LogP contribution in [0.25, 0.3) is 0 Å². The minimum atomic E-state index is 0.505. The van der Waals surface area contributed by atoms with Gasteiger partial charge in [0.25, 0.3) is 0 Å². The standard InChI is InChI=1S/C17H27NO/c1-4-5-7-13(2)18-17-9-6-8-14-10-11-15(19-3)12-16(14)17/h10-13,17-18H,4-9H2,1-3H3. The van der Waals surface area contributed by atoms with Crippen LogP contribution < -0.4 is 10.1 Å². The van der Waals surface area contributed by atoms with Crippen LogP contribution in [0.1, 0.15) is 63.1 Å². The first kappa shape index (κ1) is 14.4. The van der Waals surface area contributed by atoms with E-state index in [-0.39, 0.29) is 0 Å². The second kappa shape index (κ2) is 6.95. The third kappa shape index (κ3) is 3.73. The number of benzene rings is 1. The fourth-order valence-electron chi connectivity index (χ4n) is 3.01. The summed E-state index contributed by atoms with van der Waals surface area (Å²) in [4.78, 5) is 0. The van der Waals surface area contributed by atoms with Crippen molar-refractivity contribution in [2.45, 2.75) is 64.5 Å². The van der Waals surface area contributed by atoms with Crippen LogP contribution in [0.3, 0.4) is 0 Å². The van der Waals surface area contributed by atoms with E-state index in [4.69, 9.17) is 4.74 Å². The first-order chi connectivity index (χ1) is 9.24. The van der Waals surface area contributed by atoms with Gasteiger partial charge in [0.1, 0.15) is 5.75 Å². The highest BCUT2D eigenvalue weighted by Gasteiger charge is 2.21. The Bertz CT molecular complexity index is 402. The van der Waals surface area contributed by atoms with E-state index in [9.17, 15) is 0 Å². The van der Waals surface area contributed by atoms with E-state index in [1.807, 2.05) is 0 Å². The number of fused-ring (bicyclic) bond motifs is 1. The second-order valence-corrected chi connectivity index (χ2v) is 5.72. The number of unbranched alkanes of at least 4 members (excludes halogenated alkanes) is 1. The van der Waals surface area contributed by atoms with E-state index >= 15 is 0 Å². The molecule has 1 aromatic rings. The zero-order valence-electron chi connectivity index (χ0n) is 12.5. The highest BCUT2D eigenvalue weighted by Crippen LogP contribution is 2.32. The summed E-state index contributed by atoms with van der Waals surface area (Å²) in [5.74, 6) is 0.980. The predicted molar refractivity (Wildman–Crippen MR) is 80.8 cm³/mol. The molecular weight excluding hydrogens is 234 g/mol. The van der Waals surface area contributed by atoms with Crippen LogP contribution in [0.15, 0.2) is 18.2 Å². The number of hydrogen-bond donors (Lipinski definition) is 1. The summed E-state index contributed by atoms with van der Waals surface area (Å²) in [7, 11) is 1.75. The molecule has 0 radical (unpaired) electrons. The largest absolute Gasteiger partial charge is 0.497 e. The molecule has 1 aliphatic rings. The van der Waals surface area contributed by atoms with Gasteiger partial charge in [0.15, 0.2) is 0 Å². The Labute approximate surface area is 117 Å². The molecule has 2 nitrogen and oxygen atoms in total. The molecule has 1 N–H and O–H groups in total. The van der Waals surface area contributed by atoms with Crippen molar-refractivity contribution >= 4 is 0 Å². The summed E-state index contributed by atoms with van der Waals surface area (Å²) in [5, 5.41) is 3.81. The van der Waals surface area contributed by atoms with Crippen LogP contribution in [-0.4, -0.2) is 13.2 Å². The van der Waals surface area contributed by atoms with Gasteiger partial charge in [0, 0.05) is 12.1 Å². The van der Waals surface area contributed by atoms with Crippen molar-refractivity contribution < 1.29 is 4.74 Å². The van der Waals surface area contributed by atoms with Gasteiger partial charge in [0.2, 0.25) is 0 Å². The van der Waals surface area contributed by atoms with Gasteiger partial charge in [-0.25, -0.2) is 0 Å². The van der Waals surface area contributed by atoms with E-state index in [2.05, 4.69) is 37.4 Å². The lowest BCUT2D eigenvalue weighted by Gasteiger charge is -2.29. The van der Waals surface area contributed by atoms with Crippen LogP contribution in [-0.2, 0) is 6.42 Å². The lowest BCUT2D eigenvalue weighted by atomic mass is 9.87. The average Bonchev–Trinajstić information content (AvgIpc) is 2.45. The molecule has 2 atom stereocenters. The quantitative estimate of drug-likeness (QED) is 0.827. The molecule has 0 aromatic heterocycles. The van der Waals surface area contributed by atoms with Crippen LogP contribution in [0.2, 0.25) is 0 Å². The molecule has 0 fully saturated rings. The number of methoxy groups -OCH3 is 1. The van der Waals surface area contributed by atoms with Crippen molar-refractivity contribution in [3.8, 4) is 5.75 Å². The fourth-order valence-corrected chi connectivity index (χ4v) is 3.01. The zero-order chi connectivity index (χ0) is 13.7. The number of aryl methyl sites for hydroxylation is 1. The first-order valence-electron chi connectivity index (χ1n) is 7.67. The number of nitrogens with one attached hydrogen (secondary N) is 1. The van der Waals surface area contributed by atoms with Crippen molar-refractivity contribution in [2.24, 2.45) is 0 Å². The summed E-state index contributed by atoms with van der Waals surface area (Å²) in [6.07, 6.45) is 7.61. The van der Waals surface area contributed by atoms with Crippen LogP contribution in [0.5, 0.6) is 5.75 Å². The molecule has 0 bridgehead atoms. The lowest BCUT2D eigenvalue weighted by molar-refractivity contribution is 0.383. The Balaban J connectivity index is 2.07. The fraction of sp³-hybridized carbons (Fsp3) is 0.647. The van der Waals surface area contributed by atoms with Gasteiger partial charge < -0.3 is 10.1 Å². The molecule has 2 heteroatoms. The van der Waals surface area contributed by atoms with Crippen molar-refractivity contribution in [2.75, 3.05) is 7.11 Å². The van der Waals surface area contributed by atoms with Gasteiger partial charge in [-0.15, -0.1) is 0 Å². The van der Waals surface area contributed by atoms with Crippen LogP contribution >= 0.6 is 0 Å². The van der Waals surface area contributed by atoms with Crippen LogP contribution in [0.4, 0.5) is 0 Å². The highest BCUT2D eigenvalue weighted by molar-refractivity contribution is 5.39. The molecule has 0 saturated heterocycles. The molecule has 106 valence electrons. The number of hydrogen-bond acceptors (Lipinski definition) is 2. The third-order valence-electron chi connectivity index (χ3n) is 4.14. The Morgan fingerprint density at radius 1 is 1.42 bits per heavy atom. The molecule has 1 aliphatic carbocycles. The number of rotatable bonds is 6. The Kier molecular flexibility index (Phi) is 5.26. The lowest BCUT2D eigenvalue weighted by Crippen LogP contribution is -2.32. The summed E-state index contributed by atoms with van der Waals surface area (Å²) >= 11 is 0. The predicted octanol–water partition coefficient (Wildman–Crippen LogP) is 4.24. The van der Waals surface area contributed by atoms with E-state index in [0.717, 1.165) is 5.75 Å². The maximum atomic E-state index is 5.37. The van der Waals surface area contributed by atoms with Gasteiger partial charge in [0.05, 0.1) is 7.11 Å². The van der Waals surface area contributed by atoms with E-state index < -0.39 is 0 Å². The number of ether oxygens (including phenoxy) is 1. The molecule has 0 aliphatic heterocycles. The monoisotopic (exact) mass is 261 g/mol. The normalized spacial score (nSPS) is 19.8. The zero-order valence-corrected chi connectivity index (χ0v) is 12.5. The molecule has 2 unspecified atom stereocenters. The first-order valence-corrected chi connectivity index (χ1v) is 7.67. The second-order valence-electron chi connectivity index (χ2n) is 5.72. The minimum Gasteiger partial charge on any atom is -0.497 e. The van der Waals surface area contributed by atoms with Gasteiger partial charge in [-0.2, -0.15) is 0 Å². The molecule has 2 rings (SSSR count). The molecule has 0 amide bonds. The van der Waals surface area contributed by atoms with Gasteiger partial charge in [-0.3, -0.25) is 0 Å². The molecular formula is C17H27NO. The maximum absolute atomic E-state index is 5.37. The van der Waals surface area contributed by atoms with E-state index in [1.165, 1.54) is 49.7 Å². The molecule has 0 spiro atoms. The van der Waals surface area contributed by atoms with Gasteiger partial charge >= 0.3 is 0 Å². The summed E-state index contributed by atoms with van der Waals surface area (Å²) in [5.41, 5.74) is 2.95.